The highest BCUT2D eigenvalue weighted by Crippen LogP contribution is 2.27. The molecule has 0 bridgehead atoms. The van der Waals surface area contributed by atoms with Crippen molar-refractivity contribution in [1.82, 2.24) is 4.98 Å². The molecule has 0 saturated carbocycles. The van der Waals surface area contributed by atoms with E-state index in [0.717, 1.165) is 22.4 Å². The summed E-state index contributed by atoms with van der Waals surface area (Å²) in [4.78, 5) is 15.3. The van der Waals surface area contributed by atoms with E-state index >= 15 is 0 Å². The third-order valence-electron chi connectivity index (χ3n) is 4.50. The van der Waals surface area contributed by atoms with Gasteiger partial charge in [-0.3, -0.25) is 4.79 Å². The van der Waals surface area contributed by atoms with Crippen LogP contribution in [0.5, 0.6) is 5.88 Å². The molecular weight excluding hydrogens is 338 g/mol. The maximum atomic E-state index is 10.6. The Hall–Kier alpha value is -3.14. The van der Waals surface area contributed by atoms with Gasteiger partial charge in [0.05, 0.1) is 5.69 Å². The molecule has 0 unspecified atom stereocenters. The number of carboxylic acid groups (broad SMARTS) is 1. The molecule has 1 N–H and O–H groups in total. The zero-order valence-electron chi connectivity index (χ0n) is 15.6. The summed E-state index contributed by atoms with van der Waals surface area (Å²) in [5.41, 5.74) is 6.47. The Kier molecular flexibility index (Phi) is 5.87. The summed E-state index contributed by atoms with van der Waals surface area (Å²) >= 11 is 0. The molecule has 138 valence electrons. The van der Waals surface area contributed by atoms with Gasteiger partial charge in [-0.15, -0.1) is 0 Å². The van der Waals surface area contributed by atoms with Crippen LogP contribution in [0.3, 0.4) is 0 Å². The van der Waals surface area contributed by atoms with Crippen LogP contribution in [0.1, 0.15) is 28.7 Å². The number of ether oxygens (including phenoxy) is 1. The summed E-state index contributed by atoms with van der Waals surface area (Å²) in [6.07, 6.45) is 0.681. The number of hydrogen-bond donors (Lipinski definition) is 1. The van der Waals surface area contributed by atoms with Crippen molar-refractivity contribution in [2.24, 2.45) is 0 Å². The van der Waals surface area contributed by atoms with E-state index in [9.17, 15) is 4.79 Å². The summed E-state index contributed by atoms with van der Waals surface area (Å²) in [6, 6.07) is 19.9. The highest BCUT2D eigenvalue weighted by Gasteiger charge is 2.08. The van der Waals surface area contributed by atoms with Crippen LogP contribution in [-0.4, -0.2) is 16.1 Å². The van der Waals surface area contributed by atoms with E-state index < -0.39 is 5.97 Å². The molecule has 3 aromatic rings. The summed E-state index contributed by atoms with van der Waals surface area (Å²) in [7, 11) is 0. The Labute approximate surface area is 159 Å². The maximum Gasteiger partial charge on any atom is 0.303 e. The Balaban J connectivity index is 1.68. The van der Waals surface area contributed by atoms with Gasteiger partial charge in [0.2, 0.25) is 5.88 Å². The molecule has 0 amide bonds. The van der Waals surface area contributed by atoms with Crippen molar-refractivity contribution < 1.29 is 14.6 Å². The lowest BCUT2D eigenvalue weighted by Gasteiger charge is -2.11. The van der Waals surface area contributed by atoms with Crippen molar-refractivity contribution in [3.05, 3.63) is 82.9 Å². The first-order valence-corrected chi connectivity index (χ1v) is 8.99. The van der Waals surface area contributed by atoms with Crippen molar-refractivity contribution in [3.63, 3.8) is 0 Å². The van der Waals surface area contributed by atoms with Gasteiger partial charge in [0.25, 0.3) is 0 Å². The molecule has 0 aliphatic heterocycles. The highest BCUT2D eigenvalue weighted by molar-refractivity contribution is 5.68. The first-order valence-electron chi connectivity index (χ1n) is 8.99. The number of hydrogen-bond acceptors (Lipinski definition) is 3. The summed E-state index contributed by atoms with van der Waals surface area (Å²) in [5, 5.41) is 8.75. The highest BCUT2D eigenvalue weighted by atomic mass is 16.5. The number of rotatable bonds is 7. The fraction of sp³-hybridized carbons (Fsp3) is 0.217. The second-order valence-corrected chi connectivity index (χ2v) is 6.63. The minimum atomic E-state index is -0.780. The fourth-order valence-corrected chi connectivity index (χ4v) is 3.06. The maximum absolute atomic E-state index is 10.6. The molecule has 0 saturated heterocycles. The van der Waals surface area contributed by atoms with Gasteiger partial charge in [-0.2, -0.15) is 0 Å². The van der Waals surface area contributed by atoms with Crippen LogP contribution in [0.2, 0.25) is 0 Å². The van der Waals surface area contributed by atoms with Crippen LogP contribution >= 0.6 is 0 Å². The quantitative estimate of drug-likeness (QED) is 0.646. The predicted octanol–water partition coefficient (Wildman–Crippen LogP) is 4.96. The minimum absolute atomic E-state index is 0.144. The largest absolute Gasteiger partial charge is 0.481 e. The van der Waals surface area contributed by atoms with Crippen molar-refractivity contribution in [3.8, 4) is 17.1 Å². The van der Waals surface area contributed by atoms with Gasteiger partial charge in [-0.25, -0.2) is 4.98 Å². The van der Waals surface area contributed by atoms with Crippen molar-refractivity contribution in [2.75, 3.05) is 0 Å². The predicted molar refractivity (Wildman–Crippen MR) is 106 cm³/mol. The molecule has 1 aromatic heterocycles. The molecule has 0 atom stereocenters. The van der Waals surface area contributed by atoms with Gasteiger partial charge < -0.3 is 9.84 Å². The molecule has 0 fully saturated rings. The zero-order chi connectivity index (χ0) is 19.2. The van der Waals surface area contributed by atoms with Gasteiger partial charge in [0.1, 0.15) is 6.61 Å². The molecule has 0 aliphatic rings. The number of carboxylic acids is 1. The van der Waals surface area contributed by atoms with E-state index in [2.05, 4.69) is 37.0 Å². The van der Waals surface area contributed by atoms with Crippen LogP contribution in [0.4, 0.5) is 0 Å². The Bertz CT molecular complexity index is 912. The van der Waals surface area contributed by atoms with E-state index in [4.69, 9.17) is 9.84 Å². The van der Waals surface area contributed by atoms with Crippen molar-refractivity contribution in [2.45, 2.75) is 33.3 Å². The van der Waals surface area contributed by atoms with Gasteiger partial charge in [-0.05, 0) is 48.6 Å². The zero-order valence-corrected chi connectivity index (χ0v) is 15.6. The van der Waals surface area contributed by atoms with Crippen LogP contribution in [0, 0.1) is 13.8 Å². The molecule has 0 spiro atoms. The van der Waals surface area contributed by atoms with Gasteiger partial charge in [0, 0.05) is 18.1 Å². The van der Waals surface area contributed by atoms with E-state index in [1.165, 1.54) is 11.1 Å². The second-order valence-electron chi connectivity index (χ2n) is 6.63. The lowest BCUT2D eigenvalue weighted by molar-refractivity contribution is -0.136. The molecule has 0 radical (unpaired) electrons. The molecule has 4 heteroatoms. The van der Waals surface area contributed by atoms with Crippen LogP contribution in [-0.2, 0) is 17.8 Å². The lowest BCUT2D eigenvalue weighted by Crippen LogP contribution is -2.00. The molecule has 2 aromatic carbocycles. The third-order valence-corrected chi connectivity index (χ3v) is 4.50. The van der Waals surface area contributed by atoms with E-state index in [1.54, 1.807) is 0 Å². The molecular formula is C23H23NO3. The normalized spacial score (nSPS) is 10.6. The fourth-order valence-electron chi connectivity index (χ4n) is 3.06. The van der Waals surface area contributed by atoms with Crippen molar-refractivity contribution >= 4 is 5.97 Å². The van der Waals surface area contributed by atoms with E-state index in [0.29, 0.717) is 18.9 Å². The third kappa shape index (κ3) is 4.94. The second kappa shape index (κ2) is 8.49. The topological polar surface area (TPSA) is 59.4 Å². The Morgan fingerprint density at radius 1 is 0.926 bits per heavy atom. The minimum Gasteiger partial charge on any atom is -0.481 e. The lowest BCUT2D eigenvalue weighted by atomic mass is 10.00. The first kappa shape index (κ1) is 18.6. The molecule has 3 rings (SSSR count). The Morgan fingerprint density at radius 3 is 2.22 bits per heavy atom. The monoisotopic (exact) mass is 361 g/mol. The smallest absolute Gasteiger partial charge is 0.303 e. The van der Waals surface area contributed by atoms with Crippen LogP contribution in [0.25, 0.3) is 11.3 Å². The number of aryl methyl sites for hydroxylation is 3. The number of aliphatic carboxylic acids is 1. The average Bonchev–Trinajstić information content (AvgIpc) is 2.66. The molecule has 27 heavy (non-hydrogen) atoms. The first-order chi connectivity index (χ1) is 13.0. The summed E-state index contributed by atoms with van der Waals surface area (Å²) < 4.78 is 5.87. The molecule has 4 nitrogen and oxygen atoms in total. The number of pyridine rings is 1. The summed E-state index contributed by atoms with van der Waals surface area (Å²) in [5.74, 6) is -0.192. The van der Waals surface area contributed by atoms with Gasteiger partial charge >= 0.3 is 5.97 Å². The van der Waals surface area contributed by atoms with Gasteiger partial charge in [0.15, 0.2) is 0 Å². The van der Waals surface area contributed by atoms with Crippen LogP contribution in [0.15, 0.2) is 60.7 Å². The summed E-state index contributed by atoms with van der Waals surface area (Å²) in [6.45, 7) is 4.59. The van der Waals surface area contributed by atoms with E-state index in [-0.39, 0.29) is 6.42 Å². The number of aromatic nitrogens is 1. The van der Waals surface area contributed by atoms with Crippen molar-refractivity contribution in [1.29, 1.82) is 0 Å². The van der Waals surface area contributed by atoms with Crippen LogP contribution < -0.4 is 4.74 Å². The molecule has 1 heterocycles. The SMILES string of the molecule is Cc1cccc(C)c1-c1cccc(OCc2ccc(CCC(=O)O)cc2)n1. The number of nitrogens with zero attached hydrogens (tertiary/aromatic N) is 1. The van der Waals surface area contributed by atoms with Gasteiger partial charge in [-0.1, -0.05) is 48.5 Å². The number of carbonyl (C=O) groups is 1. The van der Waals surface area contributed by atoms with E-state index in [1.807, 2.05) is 42.5 Å². The standard InChI is InChI=1S/C23H23NO3/c1-16-5-3-6-17(2)23(16)20-7-4-8-21(24-20)27-15-19-11-9-18(10-12-19)13-14-22(25)26/h3-12H,13-15H2,1-2H3,(H,25,26). The Morgan fingerprint density at radius 2 is 1.56 bits per heavy atom. The number of benzene rings is 2. The average molecular weight is 361 g/mol. The molecule has 0 aliphatic carbocycles.